The lowest BCUT2D eigenvalue weighted by Crippen LogP contribution is -2.27. The molecule has 2 atom stereocenters. The van der Waals surface area contributed by atoms with Gasteiger partial charge in [-0.25, -0.2) is 4.79 Å². The van der Waals surface area contributed by atoms with E-state index in [0.29, 0.717) is 0 Å². The number of carbonyl (C=O) groups excluding carboxylic acids is 2. The molecule has 2 N–H and O–H groups in total. The number of hydrogen-bond acceptors (Lipinski definition) is 3. The van der Waals surface area contributed by atoms with Crippen molar-refractivity contribution in [1.82, 2.24) is 10.6 Å². The van der Waals surface area contributed by atoms with Gasteiger partial charge in [0.05, 0.1) is 5.92 Å². The minimum atomic E-state index is -0.730. The molecule has 0 aromatic heterocycles. The number of nitrogens with one attached hydrogen (secondary N) is 2. The Labute approximate surface area is 93.0 Å². The van der Waals surface area contributed by atoms with E-state index in [4.69, 9.17) is 0 Å². The first-order valence-electron chi connectivity index (χ1n) is 4.98. The second-order valence-corrected chi connectivity index (χ2v) is 3.63. The van der Waals surface area contributed by atoms with Crippen LogP contribution in [0.15, 0.2) is 17.3 Å². The van der Waals surface area contributed by atoms with Crippen LogP contribution < -0.4 is 10.6 Å². The molecule has 2 unspecified atom stereocenters. The maximum atomic E-state index is 11.2. The van der Waals surface area contributed by atoms with Crippen LogP contribution in [0.25, 0.3) is 0 Å². The van der Waals surface area contributed by atoms with Crippen LogP contribution in [0.4, 0.5) is 4.79 Å². The molecule has 0 aromatic rings. The Morgan fingerprint density at radius 2 is 2.25 bits per heavy atom. The lowest BCUT2D eigenvalue weighted by molar-refractivity contribution is -0.119. The molecule has 2 aliphatic heterocycles. The van der Waals surface area contributed by atoms with E-state index in [1.54, 1.807) is 6.20 Å². The van der Waals surface area contributed by atoms with Crippen molar-refractivity contribution in [3.05, 3.63) is 12.3 Å². The van der Waals surface area contributed by atoms with Crippen molar-refractivity contribution in [2.45, 2.75) is 19.4 Å². The zero-order valence-corrected chi connectivity index (χ0v) is 8.78. The Balaban J connectivity index is 2.05. The summed E-state index contributed by atoms with van der Waals surface area (Å²) in [6.07, 6.45) is 4.47. The quantitative estimate of drug-likeness (QED) is 0.449. The minimum absolute atomic E-state index is 0.0373. The van der Waals surface area contributed by atoms with Crippen LogP contribution in [0.1, 0.15) is 13.3 Å². The zero-order chi connectivity index (χ0) is 11.5. The first-order valence-corrected chi connectivity index (χ1v) is 4.98. The Morgan fingerprint density at radius 1 is 1.44 bits per heavy atom. The van der Waals surface area contributed by atoms with Gasteiger partial charge in [0.1, 0.15) is 0 Å². The molecule has 0 saturated carbocycles. The Bertz CT molecular complexity index is 448. The summed E-state index contributed by atoms with van der Waals surface area (Å²) in [6, 6.07) is -1.22. The van der Waals surface area contributed by atoms with E-state index >= 15 is 0 Å². The van der Waals surface area contributed by atoms with Crippen LogP contribution in [0.3, 0.4) is 0 Å². The van der Waals surface area contributed by atoms with Crippen molar-refractivity contribution in [1.29, 1.82) is 0 Å². The number of rotatable bonds is 0. The summed E-state index contributed by atoms with van der Waals surface area (Å²) in [5, 5.41) is 4.56. The highest BCUT2D eigenvalue weighted by Gasteiger charge is 2.27. The van der Waals surface area contributed by atoms with Gasteiger partial charge in [-0.15, -0.1) is 0 Å². The molecule has 2 heterocycles. The number of nitrogens with zero attached hydrogens (tertiary/aromatic N) is 1. The summed E-state index contributed by atoms with van der Waals surface area (Å²) in [5.74, 6) is 5.36. The monoisotopic (exact) mass is 217 g/mol. The topological polar surface area (TPSA) is 70.6 Å². The maximum absolute atomic E-state index is 11.2. The van der Waals surface area contributed by atoms with Crippen molar-refractivity contribution in [3.8, 4) is 11.8 Å². The summed E-state index contributed by atoms with van der Waals surface area (Å²) < 4.78 is 0. The van der Waals surface area contributed by atoms with E-state index in [2.05, 4.69) is 27.5 Å². The number of hydrogen-bond donors (Lipinski definition) is 2. The molecule has 2 rings (SSSR count). The number of amides is 3. The van der Waals surface area contributed by atoms with Gasteiger partial charge in [-0.05, 0) is 13.3 Å². The van der Waals surface area contributed by atoms with Crippen LogP contribution in [-0.2, 0) is 4.79 Å². The molecular weight excluding hydrogens is 206 g/mol. The fourth-order valence-electron chi connectivity index (χ4n) is 1.49. The Hall–Kier alpha value is -2.09. The molecule has 0 aliphatic carbocycles. The zero-order valence-electron chi connectivity index (χ0n) is 8.78. The normalized spacial score (nSPS) is 27.7. The van der Waals surface area contributed by atoms with E-state index in [9.17, 15) is 9.59 Å². The summed E-state index contributed by atoms with van der Waals surface area (Å²) >= 11 is 0. The van der Waals surface area contributed by atoms with Gasteiger partial charge in [0, 0.05) is 11.9 Å². The average Bonchev–Trinajstić information content (AvgIpc) is 2.56. The lowest BCUT2D eigenvalue weighted by Gasteiger charge is -2.10. The van der Waals surface area contributed by atoms with Crippen molar-refractivity contribution < 1.29 is 9.59 Å². The highest BCUT2D eigenvalue weighted by molar-refractivity contribution is 6.05. The Morgan fingerprint density at radius 3 is 2.88 bits per heavy atom. The second kappa shape index (κ2) is 4.19. The van der Waals surface area contributed by atoms with Gasteiger partial charge in [-0.1, -0.05) is 17.9 Å². The van der Waals surface area contributed by atoms with Gasteiger partial charge in [0.15, 0.2) is 6.04 Å². The molecule has 5 heteroatoms. The molecule has 0 radical (unpaired) electrons. The number of imide groups is 1. The second-order valence-electron chi connectivity index (χ2n) is 3.63. The standard InChI is InChI=1S/C11H11N3O2/c1-7-8(3-2-6-12-7)4-5-9-10(15)14-11(16)13-9/h2,6,8-9H,3H2,1H3,(H2,13,14,15,16). The fourth-order valence-corrected chi connectivity index (χ4v) is 1.49. The molecule has 1 fully saturated rings. The maximum Gasteiger partial charge on any atom is 0.322 e. The molecule has 1 saturated heterocycles. The van der Waals surface area contributed by atoms with Crippen LogP contribution in [-0.4, -0.2) is 23.7 Å². The van der Waals surface area contributed by atoms with Gasteiger partial charge < -0.3 is 5.32 Å². The third-order valence-electron chi connectivity index (χ3n) is 2.44. The van der Waals surface area contributed by atoms with Crippen molar-refractivity contribution in [3.63, 3.8) is 0 Å². The molecule has 0 spiro atoms. The molecule has 5 nitrogen and oxygen atoms in total. The van der Waals surface area contributed by atoms with Crippen LogP contribution in [0, 0.1) is 17.8 Å². The van der Waals surface area contributed by atoms with Gasteiger partial charge in [-0.2, -0.15) is 0 Å². The number of urea groups is 1. The van der Waals surface area contributed by atoms with Gasteiger partial charge >= 0.3 is 6.03 Å². The van der Waals surface area contributed by atoms with Gasteiger partial charge in [-0.3, -0.25) is 15.1 Å². The Kier molecular flexibility index (Phi) is 2.73. The highest BCUT2D eigenvalue weighted by Crippen LogP contribution is 2.11. The van der Waals surface area contributed by atoms with E-state index < -0.39 is 18.0 Å². The molecular formula is C11H11N3O2. The number of carbonyl (C=O) groups is 2. The summed E-state index contributed by atoms with van der Waals surface area (Å²) in [6.45, 7) is 1.90. The minimum Gasteiger partial charge on any atom is -0.316 e. The number of aliphatic imine (C=N–C) groups is 1. The number of allylic oxidation sites excluding steroid dienone is 1. The van der Waals surface area contributed by atoms with Crippen LogP contribution in [0.2, 0.25) is 0 Å². The summed E-state index contributed by atoms with van der Waals surface area (Å²) in [7, 11) is 0. The third kappa shape index (κ3) is 2.11. The predicted octanol–water partition coefficient (Wildman–Crippen LogP) is 0.192. The largest absolute Gasteiger partial charge is 0.322 e. The summed E-state index contributed by atoms with van der Waals surface area (Å²) in [5.41, 5.74) is 0.930. The molecule has 82 valence electrons. The molecule has 0 aromatic carbocycles. The third-order valence-corrected chi connectivity index (χ3v) is 2.44. The molecule has 0 bridgehead atoms. The lowest BCUT2D eigenvalue weighted by atomic mass is 9.99. The SMILES string of the molecule is CC1=NC=CCC1C#CC1NC(=O)NC1=O. The van der Waals surface area contributed by atoms with Crippen LogP contribution in [0.5, 0.6) is 0 Å². The molecule has 16 heavy (non-hydrogen) atoms. The smallest absolute Gasteiger partial charge is 0.316 e. The van der Waals surface area contributed by atoms with E-state index in [-0.39, 0.29) is 5.92 Å². The average molecular weight is 217 g/mol. The summed E-state index contributed by atoms with van der Waals surface area (Å²) in [4.78, 5) is 26.2. The molecule has 3 amide bonds. The highest BCUT2D eigenvalue weighted by atomic mass is 16.2. The van der Waals surface area contributed by atoms with E-state index in [0.717, 1.165) is 12.1 Å². The van der Waals surface area contributed by atoms with Crippen molar-refractivity contribution >= 4 is 17.6 Å². The van der Waals surface area contributed by atoms with Crippen LogP contribution >= 0.6 is 0 Å². The molecule has 2 aliphatic rings. The van der Waals surface area contributed by atoms with Gasteiger partial charge in [0.25, 0.3) is 5.91 Å². The first kappa shape index (κ1) is 10.4. The predicted molar refractivity (Wildman–Crippen MR) is 58.6 cm³/mol. The van der Waals surface area contributed by atoms with Crippen molar-refractivity contribution in [2.24, 2.45) is 10.9 Å². The first-order chi connectivity index (χ1) is 7.66. The van der Waals surface area contributed by atoms with E-state index in [1.165, 1.54) is 0 Å². The fraction of sp³-hybridized carbons (Fsp3) is 0.364. The van der Waals surface area contributed by atoms with Gasteiger partial charge in [0.2, 0.25) is 0 Å². The van der Waals surface area contributed by atoms with Crippen molar-refractivity contribution in [2.75, 3.05) is 0 Å². The van der Waals surface area contributed by atoms with E-state index in [1.807, 2.05) is 13.0 Å².